The molecule has 1 amide bonds. The molecular formula is C22H21NO3. The minimum Gasteiger partial charge on any atom is -0.465 e. The largest absolute Gasteiger partial charge is 0.465 e. The predicted octanol–water partition coefficient (Wildman–Crippen LogP) is 3.99. The van der Waals surface area contributed by atoms with Crippen LogP contribution in [0.5, 0.6) is 0 Å². The van der Waals surface area contributed by atoms with Gasteiger partial charge in [-0.15, -0.1) is 0 Å². The summed E-state index contributed by atoms with van der Waals surface area (Å²) in [6, 6.07) is 16.8. The summed E-state index contributed by atoms with van der Waals surface area (Å²) in [6.07, 6.45) is 2.20. The Morgan fingerprint density at radius 1 is 1.15 bits per heavy atom. The summed E-state index contributed by atoms with van der Waals surface area (Å²) in [5, 5.41) is 2.87. The van der Waals surface area contributed by atoms with Crippen molar-refractivity contribution in [2.24, 2.45) is 11.3 Å². The molecule has 0 radical (unpaired) electrons. The van der Waals surface area contributed by atoms with Gasteiger partial charge in [0.2, 0.25) is 0 Å². The maximum absolute atomic E-state index is 12.4. The van der Waals surface area contributed by atoms with Crippen molar-refractivity contribution in [3.05, 3.63) is 77.9 Å². The van der Waals surface area contributed by atoms with Gasteiger partial charge in [-0.1, -0.05) is 42.5 Å². The third-order valence-corrected chi connectivity index (χ3v) is 5.47. The number of para-hydroxylation sites is 1. The average molecular weight is 347 g/mol. The zero-order valence-corrected chi connectivity index (χ0v) is 14.5. The van der Waals surface area contributed by atoms with Crippen LogP contribution in [0.1, 0.15) is 28.8 Å². The molecule has 0 bridgehead atoms. The summed E-state index contributed by atoms with van der Waals surface area (Å²) in [6.45, 7) is 4.57. The maximum atomic E-state index is 12.4. The first-order chi connectivity index (χ1) is 12.6. The number of benzene rings is 2. The normalized spacial score (nSPS) is 24.2. The molecule has 2 aliphatic rings. The Bertz CT molecular complexity index is 857. The second-order valence-corrected chi connectivity index (χ2v) is 7.28. The number of nitrogens with one attached hydrogen (secondary N) is 1. The van der Waals surface area contributed by atoms with Crippen LogP contribution in [0, 0.1) is 11.3 Å². The Morgan fingerprint density at radius 3 is 2.62 bits per heavy atom. The number of hydrogen-bond donors (Lipinski definition) is 1. The molecule has 0 aromatic heterocycles. The molecule has 26 heavy (non-hydrogen) atoms. The van der Waals surface area contributed by atoms with Crippen molar-refractivity contribution in [1.82, 2.24) is 0 Å². The summed E-state index contributed by atoms with van der Waals surface area (Å²) in [4.78, 5) is 24.7. The van der Waals surface area contributed by atoms with Crippen LogP contribution in [0.3, 0.4) is 0 Å². The van der Waals surface area contributed by atoms with E-state index in [2.05, 4.69) is 11.9 Å². The van der Waals surface area contributed by atoms with E-state index in [-0.39, 0.29) is 17.8 Å². The molecule has 1 saturated carbocycles. The van der Waals surface area contributed by atoms with Crippen LogP contribution in [0.15, 0.2) is 66.7 Å². The highest BCUT2D eigenvalue weighted by molar-refractivity contribution is 6.04. The number of carbonyl (C=O) groups is 2. The number of anilines is 1. The summed E-state index contributed by atoms with van der Waals surface area (Å²) in [5.74, 6) is -0.0242. The van der Waals surface area contributed by atoms with E-state index in [9.17, 15) is 9.59 Å². The highest BCUT2D eigenvalue weighted by atomic mass is 16.5. The van der Waals surface area contributed by atoms with Crippen LogP contribution >= 0.6 is 0 Å². The number of carbonyl (C=O) groups excluding carboxylic acids is 2. The molecule has 2 fully saturated rings. The van der Waals surface area contributed by atoms with Crippen molar-refractivity contribution in [2.75, 3.05) is 11.9 Å². The van der Waals surface area contributed by atoms with Crippen LogP contribution in [0.4, 0.5) is 5.69 Å². The van der Waals surface area contributed by atoms with Gasteiger partial charge in [0.05, 0.1) is 12.0 Å². The quantitative estimate of drug-likeness (QED) is 0.672. The molecule has 2 atom stereocenters. The molecular weight excluding hydrogens is 326 g/mol. The Kier molecular flexibility index (Phi) is 4.11. The van der Waals surface area contributed by atoms with Gasteiger partial charge in [-0.2, -0.15) is 0 Å². The van der Waals surface area contributed by atoms with E-state index in [0.29, 0.717) is 25.0 Å². The first kappa shape index (κ1) is 16.6. The molecule has 1 aliphatic carbocycles. The summed E-state index contributed by atoms with van der Waals surface area (Å²) in [5.41, 5.74) is 3.06. The molecule has 2 aromatic carbocycles. The van der Waals surface area contributed by atoms with Crippen LogP contribution in [-0.4, -0.2) is 18.5 Å². The lowest BCUT2D eigenvalue weighted by Gasteiger charge is -2.24. The molecule has 1 N–H and O–H groups in total. The van der Waals surface area contributed by atoms with Gasteiger partial charge in [0.1, 0.15) is 0 Å². The van der Waals surface area contributed by atoms with Crippen molar-refractivity contribution >= 4 is 17.6 Å². The zero-order valence-electron chi connectivity index (χ0n) is 14.5. The fourth-order valence-corrected chi connectivity index (χ4v) is 4.13. The lowest BCUT2D eigenvalue weighted by molar-refractivity contribution is -0.146. The van der Waals surface area contributed by atoms with Crippen LogP contribution < -0.4 is 5.32 Å². The van der Waals surface area contributed by atoms with E-state index < -0.39 is 5.41 Å². The maximum Gasteiger partial charge on any atom is 0.313 e. The first-order valence-corrected chi connectivity index (χ1v) is 8.86. The van der Waals surface area contributed by atoms with Gasteiger partial charge >= 0.3 is 5.97 Å². The summed E-state index contributed by atoms with van der Waals surface area (Å²) in [7, 11) is 0. The van der Waals surface area contributed by atoms with E-state index in [1.54, 1.807) is 0 Å². The van der Waals surface area contributed by atoms with Crippen LogP contribution in [0.2, 0.25) is 0 Å². The minimum atomic E-state index is -0.467. The van der Waals surface area contributed by atoms with Crippen LogP contribution in [0.25, 0.3) is 0 Å². The molecule has 1 saturated heterocycles. The molecule has 1 aliphatic heterocycles. The van der Waals surface area contributed by atoms with Gasteiger partial charge in [0, 0.05) is 17.2 Å². The highest BCUT2D eigenvalue weighted by Crippen LogP contribution is 2.52. The molecule has 4 rings (SSSR count). The standard InChI is InChI=1S/C22H21NO3/c1-15-11-18-14-26-21(25)22(18,12-15)13-16-7-9-17(10-8-16)20(24)23-19-5-3-2-4-6-19/h2-10,18H,1,11-14H2,(H,23,24). The Labute approximate surface area is 152 Å². The lowest BCUT2D eigenvalue weighted by Crippen LogP contribution is -2.31. The van der Waals surface area contributed by atoms with Crippen molar-refractivity contribution < 1.29 is 14.3 Å². The third-order valence-electron chi connectivity index (χ3n) is 5.47. The lowest BCUT2D eigenvalue weighted by atomic mass is 9.75. The second kappa shape index (κ2) is 6.45. The first-order valence-electron chi connectivity index (χ1n) is 8.86. The van der Waals surface area contributed by atoms with E-state index in [1.807, 2.05) is 54.6 Å². The van der Waals surface area contributed by atoms with Gasteiger partial charge in [-0.3, -0.25) is 9.59 Å². The van der Waals surface area contributed by atoms with E-state index in [4.69, 9.17) is 4.74 Å². The van der Waals surface area contributed by atoms with Crippen molar-refractivity contribution in [3.8, 4) is 0 Å². The van der Waals surface area contributed by atoms with Gasteiger partial charge in [0.25, 0.3) is 5.91 Å². The smallest absolute Gasteiger partial charge is 0.313 e. The average Bonchev–Trinajstić information content (AvgIpc) is 3.11. The third kappa shape index (κ3) is 2.92. The summed E-state index contributed by atoms with van der Waals surface area (Å²) < 4.78 is 5.33. The monoisotopic (exact) mass is 347 g/mol. The second-order valence-electron chi connectivity index (χ2n) is 7.28. The summed E-state index contributed by atoms with van der Waals surface area (Å²) >= 11 is 0. The molecule has 2 aromatic rings. The van der Waals surface area contributed by atoms with Crippen molar-refractivity contribution in [1.29, 1.82) is 0 Å². The van der Waals surface area contributed by atoms with Crippen molar-refractivity contribution in [3.63, 3.8) is 0 Å². The number of ether oxygens (including phenoxy) is 1. The zero-order chi connectivity index (χ0) is 18.1. The van der Waals surface area contributed by atoms with Gasteiger partial charge < -0.3 is 10.1 Å². The number of hydrogen-bond acceptors (Lipinski definition) is 3. The van der Waals surface area contributed by atoms with E-state index >= 15 is 0 Å². The molecule has 0 spiro atoms. The minimum absolute atomic E-state index is 0.105. The van der Waals surface area contributed by atoms with Gasteiger partial charge in [-0.05, 0) is 49.1 Å². The Morgan fingerprint density at radius 2 is 1.88 bits per heavy atom. The number of amides is 1. The fraction of sp³-hybridized carbons (Fsp3) is 0.273. The number of esters is 1. The Balaban J connectivity index is 1.49. The number of rotatable bonds is 4. The Hall–Kier alpha value is -2.88. The van der Waals surface area contributed by atoms with Gasteiger partial charge in [-0.25, -0.2) is 0 Å². The number of fused-ring (bicyclic) bond motifs is 1. The number of cyclic esters (lactones) is 1. The van der Waals surface area contributed by atoms with E-state index in [0.717, 1.165) is 23.2 Å². The molecule has 132 valence electrons. The molecule has 4 nitrogen and oxygen atoms in total. The highest BCUT2D eigenvalue weighted by Gasteiger charge is 2.55. The molecule has 4 heteroatoms. The van der Waals surface area contributed by atoms with Gasteiger partial charge in [0.15, 0.2) is 0 Å². The predicted molar refractivity (Wildman–Crippen MR) is 99.8 cm³/mol. The topological polar surface area (TPSA) is 55.4 Å². The van der Waals surface area contributed by atoms with Crippen LogP contribution in [-0.2, 0) is 16.0 Å². The van der Waals surface area contributed by atoms with Crippen molar-refractivity contribution in [2.45, 2.75) is 19.3 Å². The fourth-order valence-electron chi connectivity index (χ4n) is 4.13. The van der Waals surface area contributed by atoms with E-state index in [1.165, 1.54) is 0 Å². The number of allylic oxidation sites excluding steroid dienone is 1. The molecule has 2 unspecified atom stereocenters. The molecule has 1 heterocycles. The SMILES string of the molecule is C=C1CC2COC(=O)C2(Cc2ccc(C(=O)Nc3ccccc3)cc2)C1.